The lowest BCUT2D eigenvalue weighted by atomic mass is 9.90. The third-order valence-corrected chi connectivity index (χ3v) is 6.86. The Hall–Kier alpha value is -4.83. The molecule has 1 aliphatic heterocycles. The Morgan fingerprint density at radius 3 is 2.60 bits per heavy atom. The molecule has 2 heterocycles. The molecule has 10 nitrogen and oxygen atoms in total. The highest BCUT2D eigenvalue weighted by molar-refractivity contribution is 6.30. The zero-order chi connectivity index (χ0) is 28.2. The van der Waals surface area contributed by atoms with Gasteiger partial charge in [-0.1, -0.05) is 35.4 Å². The molecule has 40 heavy (non-hydrogen) atoms. The number of fused-ring (bicyclic) bond motifs is 1. The summed E-state index contributed by atoms with van der Waals surface area (Å²) in [5, 5.41) is 14.7. The molecular weight excluding hydrogens is 532 g/mol. The number of hydrogen-bond acceptors (Lipinski definition) is 7. The van der Waals surface area contributed by atoms with Crippen LogP contribution in [0.15, 0.2) is 73.1 Å². The van der Waals surface area contributed by atoms with Crippen LogP contribution in [0.4, 0.5) is 5.69 Å². The summed E-state index contributed by atoms with van der Waals surface area (Å²) >= 11 is 6.22. The minimum Gasteiger partial charge on any atom is -0.465 e. The van der Waals surface area contributed by atoms with Crippen molar-refractivity contribution in [1.29, 1.82) is 0 Å². The maximum absolute atomic E-state index is 13.7. The Morgan fingerprint density at radius 1 is 1.07 bits per heavy atom. The number of aromatic nitrogens is 4. The van der Waals surface area contributed by atoms with E-state index < -0.39 is 12.0 Å². The molecule has 0 spiro atoms. The van der Waals surface area contributed by atoms with Crippen LogP contribution >= 0.6 is 11.6 Å². The number of amides is 2. The third-order valence-electron chi connectivity index (χ3n) is 6.62. The van der Waals surface area contributed by atoms with Gasteiger partial charge in [-0.15, -0.1) is 5.10 Å². The summed E-state index contributed by atoms with van der Waals surface area (Å²) in [5.41, 5.74) is 4.99. The second kappa shape index (κ2) is 11.5. The fourth-order valence-electron chi connectivity index (χ4n) is 4.69. The van der Waals surface area contributed by atoms with Crippen LogP contribution in [0.25, 0.3) is 11.8 Å². The Bertz CT molecular complexity index is 1600. The Kier molecular flexibility index (Phi) is 7.70. The van der Waals surface area contributed by atoms with E-state index in [0.717, 1.165) is 16.7 Å². The number of methoxy groups -OCH3 is 1. The number of benzene rings is 3. The summed E-state index contributed by atoms with van der Waals surface area (Å²) in [5.74, 6) is -1.18. The fourth-order valence-corrected chi connectivity index (χ4v) is 4.87. The van der Waals surface area contributed by atoms with Crippen molar-refractivity contribution in [2.24, 2.45) is 0 Å². The molecule has 1 aliphatic rings. The molecule has 3 aromatic carbocycles. The van der Waals surface area contributed by atoms with Crippen molar-refractivity contribution in [3.8, 4) is 5.69 Å². The third kappa shape index (κ3) is 5.62. The van der Waals surface area contributed by atoms with Gasteiger partial charge < -0.3 is 15.0 Å². The van der Waals surface area contributed by atoms with Crippen LogP contribution in [-0.2, 0) is 20.7 Å². The van der Waals surface area contributed by atoms with Crippen LogP contribution in [0.5, 0.6) is 0 Å². The molecule has 0 fully saturated rings. The number of rotatable bonds is 6. The molecule has 0 saturated carbocycles. The molecule has 1 aromatic heterocycles. The van der Waals surface area contributed by atoms with Crippen molar-refractivity contribution in [3.63, 3.8) is 0 Å². The van der Waals surface area contributed by atoms with Crippen LogP contribution in [0.2, 0.25) is 5.02 Å². The minimum absolute atomic E-state index is 0.338. The summed E-state index contributed by atoms with van der Waals surface area (Å²) < 4.78 is 6.21. The zero-order valence-electron chi connectivity index (χ0n) is 21.7. The van der Waals surface area contributed by atoms with Crippen molar-refractivity contribution in [2.45, 2.75) is 19.4 Å². The molecule has 1 unspecified atom stereocenters. The zero-order valence-corrected chi connectivity index (χ0v) is 22.5. The lowest BCUT2D eigenvalue weighted by Crippen LogP contribution is -2.44. The van der Waals surface area contributed by atoms with Crippen LogP contribution in [-0.4, -0.2) is 56.5 Å². The van der Waals surface area contributed by atoms with E-state index in [2.05, 4.69) is 20.8 Å². The van der Waals surface area contributed by atoms with Crippen molar-refractivity contribution >= 4 is 41.1 Å². The first-order valence-electron chi connectivity index (χ1n) is 12.4. The number of ether oxygens (including phenoxy) is 1. The molecule has 1 N–H and O–H groups in total. The molecule has 1 atom stereocenters. The summed E-state index contributed by atoms with van der Waals surface area (Å²) in [7, 11) is 1.30. The van der Waals surface area contributed by atoms with E-state index in [1.54, 1.807) is 53.4 Å². The maximum Gasteiger partial charge on any atom is 0.337 e. The number of hydrogen-bond donors (Lipinski definition) is 1. The summed E-state index contributed by atoms with van der Waals surface area (Å²) in [4.78, 5) is 40.6. The molecule has 0 saturated heterocycles. The number of carbonyl (C=O) groups excluding carboxylic acids is 3. The van der Waals surface area contributed by atoms with E-state index in [0.29, 0.717) is 40.5 Å². The Morgan fingerprint density at radius 2 is 1.88 bits per heavy atom. The lowest BCUT2D eigenvalue weighted by molar-refractivity contribution is -0.135. The molecule has 4 aromatic rings. The summed E-state index contributed by atoms with van der Waals surface area (Å²) in [6.07, 6.45) is 5.12. The van der Waals surface area contributed by atoms with Gasteiger partial charge in [-0.25, -0.2) is 4.79 Å². The summed E-state index contributed by atoms with van der Waals surface area (Å²) in [6, 6.07) is 16.6. The highest BCUT2D eigenvalue weighted by atomic mass is 35.5. The van der Waals surface area contributed by atoms with Gasteiger partial charge in [0.05, 0.1) is 18.4 Å². The molecule has 11 heteroatoms. The first-order valence-corrected chi connectivity index (χ1v) is 12.8. The average Bonchev–Trinajstić information content (AvgIpc) is 3.50. The normalized spacial score (nSPS) is 14.6. The molecule has 5 rings (SSSR count). The smallest absolute Gasteiger partial charge is 0.337 e. The first-order chi connectivity index (χ1) is 19.3. The highest BCUT2D eigenvalue weighted by Crippen LogP contribution is 2.32. The van der Waals surface area contributed by atoms with Gasteiger partial charge >= 0.3 is 5.97 Å². The SMILES string of the molecule is COC(=O)c1ccc(NC(=O)C2c3ccc(C)cc3CCN2C(=O)/C=C/c2cc(Cl)ccc2-n2cnnn2)cc1. The lowest BCUT2D eigenvalue weighted by Gasteiger charge is -2.36. The molecule has 0 aliphatic carbocycles. The Balaban J connectivity index is 1.44. The van der Waals surface area contributed by atoms with Gasteiger partial charge in [0.1, 0.15) is 12.4 Å². The van der Waals surface area contributed by atoms with E-state index in [1.165, 1.54) is 24.2 Å². The van der Waals surface area contributed by atoms with E-state index >= 15 is 0 Å². The molecule has 202 valence electrons. The fraction of sp³-hybridized carbons (Fsp3) is 0.172. The van der Waals surface area contributed by atoms with E-state index in [4.69, 9.17) is 16.3 Å². The van der Waals surface area contributed by atoms with Gasteiger partial charge in [0.15, 0.2) is 0 Å². The van der Waals surface area contributed by atoms with Gasteiger partial charge in [-0.3, -0.25) is 9.59 Å². The number of nitrogens with zero attached hydrogens (tertiary/aromatic N) is 5. The maximum atomic E-state index is 13.7. The highest BCUT2D eigenvalue weighted by Gasteiger charge is 2.35. The summed E-state index contributed by atoms with van der Waals surface area (Å²) in [6.45, 7) is 2.35. The predicted molar refractivity (Wildman–Crippen MR) is 149 cm³/mol. The number of nitrogens with one attached hydrogen (secondary N) is 1. The van der Waals surface area contributed by atoms with Crippen LogP contribution in [0.1, 0.15) is 38.7 Å². The van der Waals surface area contributed by atoms with Gasteiger partial charge in [-0.2, -0.15) is 4.68 Å². The first kappa shape index (κ1) is 26.8. The number of aryl methyl sites for hydroxylation is 1. The van der Waals surface area contributed by atoms with Gasteiger partial charge in [0.2, 0.25) is 5.91 Å². The van der Waals surface area contributed by atoms with Crippen molar-refractivity contribution in [2.75, 3.05) is 19.0 Å². The molecule has 2 amide bonds. The molecular formula is C29H25ClN6O4. The second-order valence-corrected chi connectivity index (χ2v) is 9.67. The predicted octanol–water partition coefficient (Wildman–Crippen LogP) is 4.19. The van der Waals surface area contributed by atoms with Crippen LogP contribution < -0.4 is 5.32 Å². The van der Waals surface area contributed by atoms with Crippen LogP contribution in [0.3, 0.4) is 0 Å². The largest absolute Gasteiger partial charge is 0.465 e. The standard InChI is InChI=1S/C29H25ClN6O4/c1-18-3-10-24-20(15-18)13-14-35(27(24)28(38)32-23-8-4-19(5-9-23)29(39)40-2)26(37)12-6-21-16-22(30)7-11-25(21)36-17-31-33-34-36/h3-12,15-17,27H,13-14H2,1-2H3,(H,32,38)/b12-6+. The van der Waals surface area contributed by atoms with Gasteiger partial charge in [0, 0.05) is 28.9 Å². The van der Waals surface area contributed by atoms with Crippen molar-refractivity contribution < 1.29 is 19.1 Å². The van der Waals surface area contributed by atoms with E-state index in [-0.39, 0.29) is 11.8 Å². The average molecular weight is 557 g/mol. The topological polar surface area (TPSA) is 119 Å². The quantitative estimate of drug-likeness (QED) is 0.279. The van der Waals surface area contributed by atoms with Crippen molar-refractivity contribution in [3.05, 3.63) is 106 Å². The van der Waals surface area contributed by atoms with E-state index in [9.17, 15) is 14.4 Å². The van der Waals surface area contributed by atoms with Crippen LogP contribution in [0, 0.1) is 6.92 Å². The second-order valence-electron chi connectivity index (χ2n) is 9.24. The minimum atomic E-state index is -0.861. The number of carbonyl (C=O) groups is 3. The van der Waals surface area contributed by atoms with Gasteiger partial charge in [0.25, 0.3) is 5.91 Å². The number of halogens is 1. The number of anilines is 1. The molecule has 0 bridgehead atoms. The molecule has 0 radical (unpaired) electrons. The van der Waals surface area contributed by atoms with E-state index in [1.807, 2.05) is 25.1 Å². The monoisotopic (exact) mass is 556 g/mol. The number of tetrazole rings is 1. The number of esters is 1. The van der Waals surface area contributed by atoms with Crippen molar-refractivity contribution in [1.82, 2.24) is 25.1 Å². The Labute approximate surface area is 235 Å². The van der Waals surface area contributed by atoms with Gasteiger partial charge in [-0.05, 0) is 83.4 Å².